The van der Waals surface area contributed by atoms with E-state index in [4.69, 9.17) is 0 Å². The summed E-state index contributed by atoms with van der Waals surface area (Å²) in [5.41, 5.74) is 0.977. The highest BCUT2D eigenvalue weighted by atomic mass is 79.9. The third-order valence-corrected chi connectivity index (χ3v) is 2.27. The molecule has 12 heavy (non-hydrogen) atoms. The zero-order chi connectivity index (χ0) is 8.72. The van der Waals surface area contributed by atoms with Gasteiger partial charge in [0.05, 0.1) is 0 Å². The Morgan fingerprint density at radius 2 is 2.25 bits per heavy atom. The van der Waals surface area contributed by atoms with Gasteiger partial charge in [-0.05, 0) is 12.1 Å². The molecular formula is C8H5BrFNO. The van der Waals surface area contributed by atoms with Crippen LogP contribution in [0.3, 0.4) is 0 Å². The number of amides is 1. The normalized spacial score (nSPS) is 20.5. The maximum absolute atomic E-state index is 13.0. The Morgan fingerprint density at radius 3 is 3.00 bits per heavy atom. The number of anilines is 1. The lowest BCUT2D eigenvalue weighted by molar-refractivity contribution is -0.120. The molecule has 1 heterocycles. The molecular weight excluding hydrogens is 225 g/mol. The second kappa shape index (κ2) is 2.55. The molecule has 2 nitrogen and oxygen atoms in total. The second-order valence-corrected chi connectivity index (χ2v) is 3.50. The van der Waals surface area contributed by atoms with E-state index in [0.717, 1.165) is 4.47 Å². The highest BCUT2D eigenvalue weighted by Crippen LogP contribution is 2.34. The van der Waals surface area contributed by atoms with E-state index in [1.807, 2.05) is 0 Å². The van der Waals surface area contributed by atoms with Crippen molar-refractivity contribution < 1.29 is 9.18 Å². The highest BCUT2D eigenvalue weighted by Gasteiger charge is 2.29. The average molecular weight is 230 g/mol. The first-order valence-corrected chi connectivity index (χ1v) is 4.22. The van der Waals surface area contributed by atoms with Gasteiger partial charge in [0.25, 0.3) is 5.91 Å². The summed E-state index contributed by atoms with van der Waals surface area (Å²) in [5.74, 6) is -0.580. The van der Waals surface area contributed by atoms with Gasteiger partial charge in [0.1, 0.15) is 0 Å². The Balaban J connectivity index is 2.54. The molecule has 1 aliphatic rings. The standard InChI is InChI=1S/C8H5BrFNO/c9-4-1-2-5-6(3-4)11-8(12)7(5)10/h1-3,7H,(H,11,12)/t7-/m1/s1. The number of fused-ring (bicyclic) bond motifs is 1. The smallest absolute Gasteiger partial charge is 0.263 e. The summed E-state index contributed by atoms with van der Waals surface area (Å²) >= 11 is 3.23. The third-order valence-electron chi connectivity index (χ3n) is 1.78. The van der Waals surface area contributed by atoms with Crippen molar-refractivity contribution in [2.24, 2.45) is 0 Å². The predicted octanol–water partition coefficient (Wildman–Crippen LogP) is 2.41. The summed E-state index contributed by atoms with van der Waals surface area (Å²) in [6.45, 7) is 0. The molecule has 0 aliphatic carbocycles. The minimum absolute atomic E-state index is 0.420. The number of carbonyl (C=O) groups is 1. The Morgan fingerprint density at radius 1 is 1.50 bits per heavy atom. The van der Waals surface area contributed by atoms with Crippen LogP contribution < -0.4 is 5.32 Å². The largest absolute Gasteiger partial charge is 0.323 e. The lowest BCUT2D eigenvalue weighted by Gasteiger charge is -1.97. The third kappa shape index (κ3) is 1.03. The van der Waals surface area contributed by atoms with Crippen LogP contribution >= 0.6 is 15.9 Å². The van der Waals surface area contributed by atoms with Crippen LogP contribution in [-0.2, 0) is 4.79 Å². The molecule has 2 rings (SSSR count). The van der Waals surface area contributed by atoms with Crippen molar-refractivity contribution >= 4 is 27.5 Å². The molecule has 0 aromatic heterocycles. The predicted molar refractivity (Wildman–Crippen MR) is 46.6 cm³/mol. The van der Waals surface area contributed by atoms with Crippen molar-refractivity contribution in [1.29, 1.82) is 0 Å². The summed E-state index contributed by atoms with van der Waals surface area (Å²) in [7, 11) is 0. The van der Waals surface area contributed by atoms with Gasteiger partial charge in [0, 0.05) is 15.7 Å². The zero-order valence-electron chi connectivity index (χ0n) is 5.97. The molecule has 0 radical (unpaired) electrons. The van der Waals surface area contributed by atoms with Crippen LogP contribution in [0, 0.1) is 0 Å². The van der Waals surface area contributed by atoms with Gasteiger partial charge in [-0.15, -0.1) is 0 Å². The molecule has 0 spiro atoms. The summed E-state index contributed by atoms with van der Waals surface area (Å²) in [4.78, 5) is 10.8. The molecule has 0 saturated carbocycles. The van der Waals surface area contributed by atoms with Gasteiger partial charge in [-0.2, -0.15) is 0 Å². The van der Waals surface area contributed by atoms with Crippen LogP contribution in [0.25, 0.3) is 0 Å². The molecule has 4 heteroatoms. The van der Waals surface area contributed by atoms with Gasteiger partial charge in [0.2, 0.25) is 6.17 Å². The summed E-state index contributed by atoms with van der Waals surface area (Å²) in [6, 6.07) is 5.00. The Hall–Kier alpha value is -0.900. The first kappa shape index (κ1) is 7.73. The number of nitrogens with one attached hydrogen (secondary N) is 1. The van der Waals surface area contributed by atoms with Crippen molar-refractivity contribution in [3.63, 3.8) is 0 Å². The van der Waals surface area contributed by atoms with Crippen molar-refractivity contribution in [3.05, 3.63) is 28.2 Å². The van der Waals surface area contributed by atoms with Crippen LogP contribution in [0.4, 0.5) is 10.1 Å². The van der Waals surface area contributed by atoms with Gasteiger partial charge in [0.15, 0.2) is 0 Å². The maximum Gasteiger partial charge on any atom is 0.263 e. The Kier molecular flexibility index (Phi) is 1.65. The van der Waals surface area contributed by atoms with E-state index in [9.17, 15) is 9.18 Å². The molecule has 62 valence electrons. The molecule has 1 aromatic rings. The first-order chi connectivity index (χ1) is 5.68. The monoisotopic (exact) mass is 229 g/mol. The molecule has 1 aromatic carbocycles. The Bertz CT molecular complexity index is 353. The number of hydrogen-bond acceptors (Lipinski definition) is 1. The van der Waals surface area contributed by atoms with Crippen molar-refractivity contribution in [2.75, 3.05) is 5.32 Å². The molecule has 0 saturated heterocycles. The van der Waals surface area contributed by atoms with Crippen molar-refractivity contribution in [3.8, 4) is 0 Å². The molecule has 1 N–H and O–H groups in total. The van der Waals surface area contributed by atoms with Crippen LogP contribution in [0.15, 0.2) is 22.7 Å². The van der Waals surface area contributed by atoms with E-state index in [1.165, 1.54) is 0 Å². The maximum atomic E-state index is 13.0. The number of carbonyl (C=O) groups excluding carboxylic acids is 1. The van der Waals surface area contributed by atoms with Crippen LogP contribution in [0.1, 0.15) is 11.7 Å². The molecule has 1 atom stereocenters. The topological polar surface area (TPSA) is 29.1 Å². The number of rotatable bonds is 0. The molecule has 0 bridgehead atoms. The number of hydrogen-bond donors (Lipinski definition) is 1. The van der Waals surface area contributed by atoms with Gasteiger partial charge in [-0.1, -0.05) is 22.0 Å². The second-order valence-electron chi connectivity index (χ2n) is 2.58. The molecule has 1 aliphatic heterocycles. The van der Waals surface area contributed by atoms with Crippen molar-refractivity contribution in [2.45, 2.75) is 6.17 Å². The van der Waals surface area contributed by atoms with E-state index in [-0.39, 0.29) is 0 Å². The first-order valence-electron chi connectivity index (χ1n) is 3.43. The molecule has 0 fully saturated rings. The van der Waals surface area contributed by atoms with Gasteiger partial charge in [-0.25, -0.2) is 4.39 Å². The Labute approximate surface area is 76.9 Å². The van der Waals surface area contributed by atoms with E-state index < -0.39 is 12.1 Å². The van der Waals surface area contributed by atoms with Gasteiger partial charge in [-0.3, -0.25) is 4.79 Å². The minimum Gasteiger partial charge on any atom is -0.323 e. The fourth-order valence-corrected chi connectivity index (χ4v) is 1.56. The van der Waals surface area contributed by atoms with E-state index in [1.54, 1.807) is 18.2 Å². The van der Waals surface area contributed by atoms with E-state index in [2.05, 4.69) is 21.2 Å². The van der Waals surface area contributed by atoms with E-state index in [0.29, 0.717) is 11.3 Å². The van der Waals surface area contributed by atoms with Crippen LogP contribution in [0.5, 0.6) is 0 Å². The van der Waals surface area contributed by atoms with Crippen LogP contribution in [0.2, 0.25) is 0 Å². The lowest BCUT2D eigenvalue weighted by Crippen LogP contribution is -2.07. The lowest BCUT2D eigenvalue weighted by atomic mass is 10.1. The van der Waals surface area contributed by atoms with Crippen molar-refractivity contribution in [1.82, 2.24) is 0 Å². The average Bonchev–Trinajstić information content (AvgIpc) is 2.28. The minimum atomic E-state index is -1.51. The van der Waals surface area contributed by atoms with Crippen LogP contribution in [-0.4, -0.2) is 5.91 Å². The number of halogens is 2. The molecule has 0 unspecified atom stereocenters. The molecule has 1 amide bonds. The fraction of sp³-hybridized carbons (Fsp3) is 0.125. The zero-order valence-corrected chi connectivity index (χ0v) is 7.56. The quantitative estimate of drug-likeness (QED) is 0.728. The summed E-state index contributed by atoms with van der Waals surface area (Å²) < 4.78 is 13.8. The van der Waals surface area contributed by atoms with Gasteiger partial charge < -0.3 is 5.32 Å². The van der Waals surface area contributed by atoms with E-state index >= 15 is 0 Å². The summed E-state index contributed by atoms with van der Waals surface area (Å²) in [6.07, 6.45) is -1.51. The highest BCUT2D eigenvalue weighted by molar-refractivity contribution is 9.10. The SMILES string of the molecule is O=C1Nc2cc(Br)ccc2[C@H]1F. The summed E-state index contributed by atoms with van der Waals surface area (Å²) in [5, 5.41) is 2.44. The number of alkyl halides is 1. The fourth-order valence-electron chi connectivity index (χ4n) is 1.20. The number of benzene rings is 1. The van der Waals surface area contributed by atoms with Gasteiger partial charge >= 0.3 is 0 Å².